The van der Waals surface area contributed by atoms with Gasteiger partial charge in [0, 0.05) is 17.6 Å². The topological polar surface area (TPSA) is 81.5 Å². The van der Waals surface area contributed by atoms with Gasteiger partial charge in [0.05, 0.1) is 29.0 Å². The van der Waals surface area contributed by atoms with Crippen molar-refractivity contribution in [1.29, 1.82) is 0 Å². The molecule has 0 fully saturated rings. The third kappa shape index (κ3) is 4.82. The molecule has 0 aliphatic carbocycles. The Bertz CT molecular complexity index is 1490. The normalized spacial score (nSPS) is 18.1. The number of nitrogens with zero attached hydrogens (tertiary/aromatic N) is 2. The number of fused-ring (bicyclic) bond motifs is 1. The van der Waals surface area contributed by atoms with E-state index < -0.39 is 23.5 Å². The molecule has 0 amide bonds. The van der Waals surface area contributed by atoms with E-state index in [9.17, 15) is 23.1 Å². The molecule has 1 aromatic heterocycles. The zero-order valence-electron chi connectivity index (χ0n) is 19.7. The lowest BCUT2D eigenvalue weighted by atomic mass is 9.88. The van der Waals surface area contributed by atoms with Crippen molar-refractivity contribution < 1.29 is 32.5 Å². The number of esters is 1. The lowest BCUT2D eigenvalue weighted by molar-refractivity contribution is -0.185. The Morgan fingerprint density at radius 3 is 2.32 bits per heavy atom. The molecule has 3 aromatic carbocycles. The Hall–Kier alpha value is -3.76. The van der Waals surface area contributed by atoms with Crippen LogP contribution in [0.1, 0.15) is 36.1 Å². The molecule has 0 saturated carbocycles. The van der Waals surface area contributed by atoms with Crippen molar-refractivity contribution in [3.63, 3.8) is 0 Å². The lowest BCUT2D eigenvalue weighted by Gasteiger charge is -2.26. The van der Waals surface area contributed by atoms with Crippen LogP contribution in [0, 0.1) is 0 Å². The summed E-state index contributed by atoms with van der Waals surface area (Å²) in [7, 11) is 0. The van der Waals surface area contributed by atoms with Crippen molar-refractivity contribution in [2.45, 2.75) is 38.3 Å². The first-order valence-electron chi connectivity index (χ1n) is 11.4. The van der Waals surface area contributed by atoms with E-state index in [-0.39, 0.29) is 29.2 Å². The second-order valence-corrected chi connectivity index (χ2v) is 9.45. The molecular weight excluding hydrogens is 505 g/mol. The molecule has 0 spiro atoms. The molecule has 4 aromatic rings. The average molecular weight is 527 g/mol. The highest BCUT2D eigenvalue weighted by Crippen LogP contribution is 2.45. The van der Waals surface area contributed by atoms with Crippen LogP contribution >= 0.6 is 11.7 Å². The van der Waals surface area contributed by atoms with Gasteiger partial charge in [-0.1, -0.05) is 18.2 Å². The maximum absolute atomic E-state index is 13.2. The number of benzene rings is 3. The van der Waals surface area contributed by atoms with Gasteiger partial charge in [0.1, 0.15) is 16.8 Å². The summed E-state index contributed by atoms with van der Waals surface area (Å²) in [6, 6.07) is 16.1. The van der Waals surface area contributed by atoms with E-state index in [1.165, 1.54) is 12.1 Å². The van der Waals surface area contributed by atoms with Crippen LogP contribution in [0.15, 0.2) is 72.3 Å². The van der Waals surface area contributed by atoms with Gasteiger partial charge in [-0.15, -0.1) is 0 Å². The second kappa shape index (κ2) is 9.28. The molecule has 2 heterocycles. The number of hydrogen-bond acceptors (Lipinski definition) is 7. The van der Waals surface area contributed by atoms with Gasteiger partial charge in [-0.3, -0.25) is 0 Å². The minimum atomic E-state index is -4.48. The number of halogens is 3. The van der Waals surface area contributed by atoms with Gasteiger partial charge in [0.2, 0.25) is 0 Å². The largest absolute Gasteiger partial charge is 0.491 e. The maximum atomic E-state index is 13.2. The Morgan fingerprint density at radius 2 is 1.68 bits per heavy atom. The molecule has 37 heavy (non-hydrogen) atoms. The molecule has 1 aliphatic heterocycles. The van der Waals surface area contributed by atoms with Gasteiger partial charge >= 0.3 is 12.1 Å². The molecule has 5 rings (SSSR count). The number of aliphatic hydroxyl groups is 1. The van der Waals surface area contributed by atoms with E-state index in [1.807, 2.05) is 13.8 Å². The molecule has 1 unspecified atom stereocenters. The third-order valence-electron chi connectivity index (χ3n) is 5.98. The predicted octanol–water partition coefficient (Wildman–Crippen LogP) is 5.90. The highest BCUT2D eigenvalue weighted by Gasteiger charge is 2.48. The van der Waals surface area contributed by atoms with Crippen LogP contribution in [0.4, 0.5) is 13.2 Å². The van der Waals surface area contributed by atoms with Gasteiger partial charge in [-0.25, -0.2) is 4.79 Å². The minimum Gasteiger partial charge on any atom is -0.491 e. The van der Waals surface area contributed by atoms with E-state index in [0.29, 0.717) is 27.9 Å². The third-order valence-corrected chi connectivity index (χ3v) is 6.53. The molecule has 1 atom stereocenters. The quantitative estimate of drug-likeness (QED) is 0.315. The second-order valence-electron chi connectivity index (χ2n) is 8.92. The molecule has 1 N–H and O–H groups in total. The first-order chi connectivity index (χ1) is 17.5. The van der Waals surface area contributed by atoms with Crippen LogP contribution in [0.25, 0.3) is 16.6 Å². The Kier molecular flexibility index (Phi) is 6.25. The number of cyclic esters (lactones) is 1. The first kappa shape index (κ1) is 24.9. The van der Waals surface area contributed by atoms with E-state index in [0.717, 1.165) is 23.9 Å². The van der Waals surface area contributed by atoms with Gasteiger partial charge in [0.25, 0.3) is 5.79 Å². The summed E-state index contributed by atoms with van der Waals surface area (Å²) in [5.41, 5.74) is 1.98. The van der Waals surface area contributed by atoms with E-state index in [1.54, 1.807) is 42.5 Å². The average Bonchev–Trinajstić information content (AvgIpc) is 3.40. The fourth-order valence-electron chi connectivity index (χ4n) is 4.26. The summed E-state index contributed by atoms with van der Waals surface area (Å²) in [6.45, 7) is 3.76. The summed E-state index contributed by atoms with van der Waals surface area (Å²) in [5.74, 6) is -2.32. The Morgan fingerprint density at radius 1 is 1.00 bits per heavy atom. The van der Waals surface area contributed by atoms with Crippen molar-refractivity contribution in [2.75, 3.05) is 0 Å². The monoisotopic (exact) mass is 526 g/mol. The van der Waals surface area contributed by atoms with Crippen LogP contribution in [0.2, 0.25) is 0 Å². The van der Waals surface area contributed by atoms with Crippen molar-refractivity contribution in [3.05, 3.63) is 94.6 Å². The van der Waals surface area contributed by atoms with Crippen LogP contribution in [-0.2, 0) is 27.9 Å². The van der Waals surface area contributed by atoms with Gasteiger partial charge in [-0.2, -0.15) is 21.9 Å². The van der Waals surface area contributed by atoms with Gasteiger partial charge in [-0.05, 0) is 73.5 Å². The summed E-state index contributed by atoms with van der Waals surface area (Å²) < 4.78 is 58.9. The SMILES string of the molecule is CC(C)Oc1ccc(C2(O)OC(=O)C(c3ccc4nsnc4c3)=C2Cc2ccc(C(F)(F)F)cc2)cc1. The molecule has 6 nitrogen and oxygen atoms in total. The zero-order valence-corrected chi connectivity index (χ0v) is 20.6. The smallest absolute Gasteiger partial charge is 0.416 e. The maximum Gasteiger partial charge on any atom is 0.416 e. The summed E-state index contributed by atoms with van der Waals surface area (Å²) in [5, 5.41) is 11.8. The lowest BCUT2D eigenvalue weighted by Crippen LogP contribution is -2.29. The fourth-order valence-corrected chi connectivity index (χ4v) is 4.78. The number of rotatable bonds is 6. The first-order valence-corrected chi connectivity index (χ1v) is 12.1. The number of alkyl halides is 3. The van der Waals surface area contributed by atoms with Crippen LogP contribution < -0.4 is 4.74 Å². The van der Waals surface area contributed by atoms with Crippen LogP contribution in [-0.4, -0.2) is 25.9 Å². The Labute approximate surface area is 214 Å². The molecule has 0 saturated heterocycles. The van der Waals surface area contributed by atoms with Gasteiger partial charge < -0.3 is 14.6 Å². The molecule has 1 aliphatic rings. The fraction of sp³-hybridized carbons (Fsp3) is 0.222. The summed E-state index contributed by atoms with van der Waals surface area (Å²) in [6.07, 6.45) is -4.57. The number of carbonyl (C=O) groups is 1. The van der Waals surface area contributed by atoms with E-state index >= 15 is 0 Å². The highest BCUT2D eigenvalue weighted by atomic mass is 32.1. The molecule has 0 radical (unpaired) electrons. The molecule has 10 heteroatoms. The van der Waals surface area contributed by atoms with E-state index in [2.05, 4.69) is 8.75 Å². The predicted molar refractivity (Wildman–Crippen MR) is 132 cm³/mol. The molecular formula is C27H21F3N2O4S. The number of ether oxygens (including phenoxy) is 2. The van der Waals surface area contributed by atoms with Crippen molar-refractivity contribution >= 4 is 34.3 Å². The summed E-state index contributed by atoms with van der Waals surface area (Å²) in [4.78, 5) is 13.2. The standard InChI is InChI=1S/C27H21F3N2O4S/c1-15(2)35-20-10-8-18(9-11-20)26(34)21(13-16-3-6-19(7-4-16)27(28,29)30)24(25(33)36-26)17-5-12-22-23(14-17)32-37-31-22/h3-12,14-15,34H,13H2,1-2H3. The van der Waals surface area contributed by atoms with Crippen LogP contribution in [0.5, 0.6) is 5.75 Å². The van der Waals surface area contributed by atoms with Crippen molar-refractivity contribution in [3.8, 4) is 5.75 Å². The van der Waals surface area contributed by atoms with Gasteiger partial charge in [0.15, 0.2) is 0 Å². The summed E-state index contributed by atoms with van der Waals surface area (Å²) >= 11 is 1.03. The molecule has 190 valence electrons. The van der Waals surface area contributed by atoms with E-state index in [4.69, 9.17) is 9.47 Å². The minimum absolute atomic E-state index is 0.0344. The molecule has 0 bridgehead atoms. The van der Waals surface area contributed by atoms with Crippen LogP contribution in [0.3, 0.4) is 0 Å². The number of hydrogen-bond donors (Lipinski definition) is 1. The number of carbonyl (C=O) groups excluding carboxylic acids is 1. The zero-order chi connectivity index (χ0) is 26.4. The van der Waals surface area contributed by atoms with Crippen molar-refractivity contribution in [1.82, 2.24) is 8.75 Å². The Balaban J connectivity index is 1.62. The highest BCUT2D eigenvalue weighted by molar-refractivity contribution is 7.00. The number of aromatic nitrogens is 2. The van der Waals surface area contributed by atoms with Crippen molar-refractivity contribution in [2.24, 2.45) is 0 Å².